The Morgan fingerprint density at radius 1 is 1.47 bits per heavy atom. The van der Waals surface area contributed by atoms with Gasteiger partial charge in [-0.3, -0.25) is 4.79 Å². The van der Waals surface area contributed by atoms with Gasteiger partial charge in [0.1, 0.15) is 0 Å². The summed E-state index contributed by atoms with van der Waals surface area (Å²) in [5.74, 6) is 0.0105. The van der Waals surface area contributed by atoms with E-state index in [1.54, 1.807) is 6.92 Å². The molecule has 106 valence electrons. The Morgan fingerprint density at radius 2 is 2.16 bits per heavy atom. The maximum Gasteiger partial charge on any atom is 0.239 e. The van der Waals surface area contributed by atoms with Crippen LogP contribution in [0.2, 0.25) is 0 Å². The summed E-state index contributed by atoms with van der Waals surface area (Å²) in [6, 6.07) is 9.76. The molecule has 5 heteroatoms. The molecule has 2 atom stereocenters. The summed E-state index contributed by atoms with van der Waals surface area (Å²) in [4.78, 5) is 13.6. The third-order valence-electron chi connectivity index (χ3n) is 3.15. The quantitative estimate of drug-likeness (QED) is 0.908. The van der Waals surface area contributed by atoms with E-state index < -0.39 is 6.04 Å². The van der Waals surface area contributed by atoms with Gasteiger partial charge in [0.25, 0.3) is 0 Å². The van der Waals surface area contributed by atoms with Crippen LogP contribution in [0.3, 0.4) is 0 Å². The highest BCUT2D eigenvalue weighted by Gasteiger charge is 2.25. The van der Waals surface area contributed by atoms with Gasteiger partial charge < -0.3 is 15.4 Å². The van der Waals surface area contributed by atoms with E-state index >= 15 is 0 Å². The summed E-state index contributed by atoms with van der Waals surface area (Å²) in [7, 11) is 0. The Hall–Kier alpha value is -1.10. The monoisotopic (exact) mass is 284 g/mol. The number of carbonyl (C=O) groups is 1. The summed E-state index contributed by atoms with van der Waals surface area (Å²) < 4.78 is 5.71. The van der Waals surface area contributed by atoms with Crippen LogP contribution >= 0.6 is 12.4 Å². The summed E-state index contributed by atoms with van der Waals surface area (Å²) in [6.45, 7) is 3.60. The molecule has 19 heavy (non-hydrogen) atoms. The second-order valence-corrected chi connectivity index (χ2v) is 4.76. The van der Waals surface area contributed by atoms with E-state index in [9.17, 15) is 4.79 Å². The van der Waals surface area contributed by atoms with Gasteiger partial charge in [-0.15, -0.1) is 12.4 Å². The molecular weight excluding hydrogens is 264 g/mol. The lowest BCUT2D eigenvalue weighted by atomic mass is 10.1. The third-order valence-corrected chi connectivity index (χ3v) is 3.15. The van der Waals surface area contributed by atoms with Gasteiger partial charge in [0.2, 0.25) is 5.91 Å². The number of amides is 1. The minimum atomic E-state index is -0.430. The number of nitrogens with two attached hydrogens (primary N) is 1. The van der Waals surface area contributed by atoms with Crippen LogP contribution < -0.4 is 5.73 Å². The standard InChI is InChI=1S/C14H20N2O2.ClH/c1-11(15)14(17)16-7-8-18-13(10-16)9-12-5-3-2-4-6-12;/h2-6,11,13H,7-10,15H2,1H3;1H/t11-,13?;/m1./s1. The Balaban J connectivity index is 0.00000180. The first kappa shape index (κ1) is 16.0. The van der Waals surface area contributed by atoms with Crippen molar-refractivity contribution < 1.29 is 9.53 Å². The molecule has 4 nitrogen and oxygen atoms in total. The van der Waals surface area contributed by atoms with E-state index in [-0.39, 0.29) is 24.4 Å². The fourth-order valence-corrected chi connectivity index (χ4v) is 2.21. The van der Waals surface area contributed by atoms with Crippen LogP contribution in [0.5, 0.6) is 0 Å². The maximum atomic E-state index is 11.8. The van der Waals surface area contributed by atoms with Gasteiger partial charge >= 0.3 is 0 Å². The molecular formula is C14H21ClN2O2. The van der Waals surface area contributed by atoms with Crippen LogP contribution in [0, 0.1) is 0 Å². The summed E-state index contributed by atoms with van der Waals surface area (Å²) in [5.41, 5.74) is 6.87. The predicted molar refractivity (Wildman–Crippen MR) is 77.4 cm³/mol. The minimum Gasteiger partial charge on any atom is -0.374 e. The molecule has 0 bridgehead atoms. The lowest BCUT2D eigenvalue weighted by molar-refractivity contribution is -0.139. The molecule has 2 rings (SSSR count). The van der Waals surface area contributed by atoms with Crippen molar-refractivity contribution in [2.45, 2.75) is 25.5 Å². The number of hydrogen-bond donors (Lipinski definition) is 1. The van der Waals surface area contributed by atoms with Crippen molar-refractivity contribution in [3.8, 4) is 0 Å². The molecule has 1 aliphatic heterocycles. The fraction of sp³-hybridized carbons (Fsp3) is 0.500. The van der Waals surface area contributed by atoms with Crippen LogP contribution in [0.15, 0.2) is 30.3 Å². The van der Waals surface area contributed by atoms with Crippen molar-refractivity contribution in [2.24, 2.45) is 5.73 Å². The van der Waals surface area contributed by atoms with E-state index in [0.717, 1.165) is 6.42 Å². The van der Waals surface area contributed by atoms with E-state index in [2.05, 4.69) is 12.1 Å². The van der Waals surface area contributed by atoms with Crippen LogP contribution in [0.1, 0.15) is 12.5 Å². The smallest absolute Gasteiger partial charge is 0.239 e. The number of carbonyl (C=O) groups excluding carboxylic acids is 1. The van der Waals surface area contributed by atoms with Crippen molar-refractivity contribution in [1.82, 2.24) is 4.90 Å². The minimum absolute atomic E-state index is 0. The Bertz CT molecular complexity index is 398. The molecule has 0 spiro atoms. The molecule has 1 unspecified atom stereocenters. The highest BCUT2D eigenvalue weighted by atomic mass is 35.5. The van der Waals surface area contributed by atoms with Crippen molar-refractivity contribution in [3.63, 3.8) is 0 Å². The van der Waals surface area contributed by atoms with E-state index in [1.165, 1.54) is 5.56 Å². The number of ether oxygens (including phenoxy) is 1. The van der Waals surface area contributed by atoms with Crippen LogP contribution in [-0.2, 0) is 16.0 Å². The molecule has 1 aromatic carbocycles. The Labute approximate surface area is 120 Å². The lowest BCUT2D eigenvalue weighted by Crippen LogP contribution is -2.51. The SMILES string of the molecule is C[C@@H](N)C(=O)N1CCOC(Cc2ccccc2)C1.Cl. The summed E-state index contributed by atoms with van der Waals surface area (Å²) in [5, 5.41) is 0. The predicted octanol–water partition coefficient (Wildman–Crippen LogP) is 1.23. The molecule has 1 aliphatic rings. The second-order valence-electron chi connectivity index (χ2n) is 4.76. The molecule has 1 heterocycles. The third kappa shape index (κ3) is 4.49. The highest BCUT2D eigenvalue weighted by Crippen LogP contribution is 2.12. The van der Waals surface area contributed by atoms with Crippen molar-refractivity contribution >= 4 is 18.3 Å². The van der Waals surface area contributed by atoms with Crippen LogP contribution in [0.25, 0.3) is 0 Å². The molecule has 0 saturated carbocycles. The molecule has 1 saturated heterocycles. The van der Waals surface area contributed by atoms with Gasteiger partial charge in [0, 0.05) is 19.5 Å². The normalized spacial score (nSPS) is 20.5. The van der Waals surface area contributed by atoms with Crippen molar-refractivity contribution in [1.29, 1.82) is 0 Å². The average molecular weight is 285 g/mol. The van der Waals surface area contributed by atoms with Gasteiger partial charge in [-0.1, -0.05) is 30.3 Å². The second kappa shape index (κ2) is 7.48. The van der Waals surface area contributed by atoms with E-state index in [4.69, 9.17) is 10.5 Å². The van der Waals surface area contributed by atoms with Gasteiger partial charge in [-0.05, 0) is 12.5 Å². The topological polar surface area (TPSA) is 55.6 Å². The summed E-state index contributed by atoms with van der Waals surface area (Å²) in [6.07, 6.45) is 0.910. The molecule has 1 aromatic rings. The van der Waals surface area contributed by atoms with E-state index in [0.29, 0.717) is 19.7 Å². The van der Waals surface area contributed by atoms with Crippen molar-refractivity contribution in [3.05, 3.63) is 35.9 Å². The molecule has 1 amide bonds. The zero-order valence-corrected chi connectivity index (χ0v) is 11.9. The zero-order chi connectivity index (χ0) is 13.0. The van der Waals surface area contributed by atoms with Crippen molar-refractivity contribution in [2.75, 3.05) is 19.7 Å². The first-order valence-corrected chi connectivity index (χ1v) is 6.36. The molecule has 0 radical (unpaired) electrons. The average Bonchev–Trinajstić information content (AvgIpc) is 2.39. The largest absolute Gasteiger partial charge is 0.374 e. The number of rotatable bonds is 3. The fourth-order valence-electron chi connectivity index (χ4n) is 2.21. The molecule has 2 N–H and O–H groups in total. The highest BCUT2D eigenvalue weighted by molar-refractivity contribution is 5.85. The zero-order valence-electron chi connectivity index (χ0n) is 11.1. The Morgan fingerprint density at radius 3 is 2.79 bits per heavy atom. The Kier molecular flexibility index (Phi) is 6.28. The van der Waals surface area contributed by atoms with Gasteiger partial charge in [-0.25, -0.2) is 0 Å². The first-order chi connectivity index (χ1) is 8.66. The lowest BCUT2D eigenvalue weighted by Gasteiger charge is -2.34. The number of morpholine rings is 1. The molecule has 0 aromatic heterocycles. The summed E-state index contributed by atoms with van der Waals surface area (Å²) >= 11 is 0. The molecule has 0 aliphatic carbocycles. The maximum absolute atomic E-state index is 11.8. The number of nitrogens with zero attached hydrogens (tertiary/aromatic N) is 1. The van der Waals surface area contributed by atoms with Gasteiger partial charge in [-0.2, -0.15) is 0 Å². The van der Waals surface area contributed by atoms with E-state index in [1.807, 2.05) is 23.1 Å². The number of benzene rings is 1. The van der Waals surface area contributed by atoms with Crippen LogP contribution in [-0.4, -0.2) is 42.6 Å². The first-order valence-electron chi connectivity index (χ1n) is 6.36. The van der Waals surface area contributed by atoms with Crippen LogP contribution in [0.4, 0.5) is 0 Å². The van der Waals surface area contributed by atoms with Gasteiger partial charge in [0.05, 0.1) is 18.8 Å². The molecule has 1 fully saturated rings. The number of halogens is 1. The van der Waals surface area contributed by atoms with Gasteiger partial charge in [0.15, 0.2) is 0 Å². The number of hydrogen-bond acceptors (Lipinski definition) is 3.